The average Bonchev–Trinajstić information content (AvgIpc) is 2.65. The highest BCUT2D eigenvalue weighted by Gasteiger charge is 1.99. The van der Waals surface area contributed by atoms with Crippen molar-refractivity contribution < 1.29 is 4.79 Å². The van der Waals surface area contributed by atoms with Gasteiger partial charge in [0.1, 0.15) is 0 Å². The van der Waals surface area contributed by atoms with Gasteiger partial charge in [-0.1, -0.05) is 0 Å². The van der Waals surface area contributed by atoms with E-state index >= 15 is 0 Å². The molecule has 3 N–H and O–H groups in total. The minimum atomic E-state index is 0.0659. The molecule has 0 saturated carbocycles. The zero-order valence-electron chi connectivity index (χ0n) is 8.36. The van der Waals surface area contributed by atoms with Gasteiger partial charge in [-0.05, 0) is 6.42 Å². The number of rotatable bonds is 5. The lowest BCUT2D eigenvalue weighted by molar-refractivity contribution is -0.120. The molecule has 0 spiro atoms. The van der Waals surface area contributed by atoms with Crippen LogP contribution in [0.3, 0.4) is 0 Å². The summed E-state index contributed by atoms with van der Waals surface area (Å²) in [6, 6.07) is 0. The number of aryl methyl sites for hydroxylation is 1. The summed E-state index contributed by atoms with van der Waals surface area (Å²) < 4.78 is 1.81. The highest BCUT2D eigenvalue weighted by molar-refractivity contribution is 5.75. The molecule has 0 aromatic carbocycles. The monoisotopic (exact) mass is 196 g/mol. The topological polar surface area (TPSA) is 72.9 Å². The van der Waals surface area contributed by atoms with E-state index < -0.39 is 0 Å². The lowest BCUT2D eigenvalue weighted by Gasteiger charge is -2.00. The molecule has 0 aliphatic carbocycles. The van der Waals surface area contributed by atoms with Crippen molar-refractivity contribution in [3.05, 3.63) is 18.0 Å². The fourth-order valence-electron chi connectivity index (χ4n) is 1.16. The normalized spacial score (nSPS) is 10.1. The quantitative estimate of drug-likeness (QED) is 0.689. The third-order valence-electron chi connectivity index (χ3n) is 1.99. The molecule has 1 aromatic rings. The van der Waals surface area contributed by atoms with E-state index in [1.807, 2.05) is 10.9 Å². The first-order chi connectivity index (χ1) is 6.76. The SMILES string of the molecule is CNC(=O)CCCn1cc(CN)cn1. The highest BCUT2D eigenvalue weighted by atomic mass is 16.1. The lowest BCUT2D eigenvalue weighted by atomic mass is 10.3. The van der Waals surface area contributed by atoms with Gasteiger partial charge in [-0.2, -0.15) is 5.10 Å². The Bertz CT molecular complexity index is 295. The first-order valence-corrected chi connectivity index (χ1v) is 4.68. The van der Waals surface area contributed by atoms with Crippen molar-refractivity contribution in [2.75, 3.05) is 7.05 Å². The second kappa shape index (κ2) is 5.39. The van der Waals surface area contributed by atoms with Gasteiger partial charge in [0.05, 0.1) is 6.20 Å². The third kappa shape index (κ3) is 3.18. The van der Waals surface area contributed by atoms with E-state index in [4.69, 9.17) is 5.73 Å². The van der Waals surface area contributed by atoms with Crippen LogP contribution in [0.4, 0.5) is 0 Å². The summed E-state index contributed by atoms with van der Waals surface area (Å²) in [6.45, 7) is 1.27. The Balaban J connectivity index is 2.27. The number of nitrogens with zero attached hydrogens (tertiary/aromatic N) is 2. The van der Waals surface area contributed by atoms with Crippen molar-refractivity contribution in [2.24, 2.45) is 5.73 Å². The van der Waals surface area contributed by atoms with Crippen molar-refractivity contribution >= 4 is 5.91 Å². The van der Waals surface area contributed by atoms with E-state index in [2.05, 4.69) is 10.4 Å². The van der Waals surface area contributed by atoms with Crippen LogP contribution in [0.2, 0.25) is 0 Å². The van der Waals surface area contributed by atoms with E-state index in [0.29, 0.717) is 13.0 Å². The molecule has 0 bridgehead atoms. The molecule has 1 aromatic heterocycles. The van der Waals surface area contributed by atoms with Crippen molar-refractivity contribution in [1.82, 2.24) is 15.1 Å². The molecule has 0 aliphatic rings. The molecule has 5 nitrogen and oxygen atoms in total. The largest absolute Gasteiger partial charge is 0.359 e. The summed E-state index contributed by atoms with van der Waals surface area (Å²) in [5.41, 5.74) is 6.46. The summed E-state index contributed by atoms with van der Waals surface area (Å²) in [5.74, 6) is 0.0659. The van der Waals surface area contributed by atoms with Gasteiger partial charge in [-0.25, -0.2) is 0 Å². The molecule has 0 fully saturated rings. The summed E-state index contributed by atoms with van der Waals surface area (Å²) >= 11 is 0. The van der Waals surface area contributed by atoms with Crippen LogP contribution in [0.25, 0.3) is 0 Å². The molecule has 0 unspecified atom stereocenters. The Hall–Kier alpha value is -1.36. The van der Waals surface area contributed by atoms with Gasteiger partial charge in [0.2, 0.25) is 5.91 Å². The zero-order valence-corrected chi connectivity index (χ0v) is 8.36. The molecule has 1 heterocycles. The highest BCUT2D eigenvalue weighted by Crippen LogP contribution is 1.98. The maximum Gasteiger partial charge on any atom is 0.219 e. The predicted molar refractivity (Wildman–Crippen MR) is 53.4 cm³/mol. The number of nitrogens with two attached hydrogens (primary N) is 1. The Labute approximate surface area is 83.3 Å². The number of hydrogen-bond acceptors (Lipinski definition) is 3. The Morgan fingerprint density at radius 3 is 3.07 bits per heavy atom. The standard InChI is InChI=1S/C9H16N4O/c1-11-9(14)3-2-4-13-7-8(5-10)6-12-13/h6-7H,2-5,10H2,1H3,(H,11,14). The second-order valence-electron chi connectivity index (χ2n) is 3.09. The van der Waals surface area contributed by atoms with Crippen LogP contribution in [0.1, 0.15) is 18.4 Å². The molecule has 0 aliphatic heterocycles. The van der Waals surface area contributed by atoms with Crippen LogP contribution >= 0.6 is 0 Å². The first-order valence-electron chi connectivity index (χ1n) is 4.68. The molecule has 0 radical (unpaired) electrons. The summed E-state index contributed by atoms with van der Waals surface area (Å²) in [6.07, 6.45) is 4.99. The number of aromatic nitrogens is 2. The zero-order chi connectivity index (χ0) is 10.4. The molecule has 14 heavy (non-hydrogen) atoms. The average molecular weight is 196 g/mol. The van der Waals surface area contributed by atoms with Crippen molar-refractivity contribution in [2.45, 2.75) is 25.9 Å². The van der Waals surface area contributed by atoms with E-state index in [1.54, 1.807) is 13.2 Å². The molecule has 0 saturated heterocycles. The molecule has 5 heteroatoms. The molecule has 1 amide bonds. The number of carbonyl (C=O) groups is 1. The minimum Gasteiger partial charge on any atom is -0.359 e. The second-order valence-corrected chi connectivity index (χ2v) is 3.09. The summed E-state index contributed by atoms with van der Waals surface area (Å²) in [4.78, 5) is 10.9. The molecule has 1 rings (SSSR count). The fraction of sp³-hybridized carbons (Fsp3) is 0.556. The van der Waals surface area contributed by atoms with Gasteiger partial charge in [-0.15, -0.1) is 0 Å². The number of nitrogens with one attached hydrogen (secondary N) is 1. The van der Waals surface area contributed by atoms with Crippen LogP contribution in [0.15, 0.2) is 12.4 Å². The van der Waals surface area contributed by atoms with Crippen LogP contribution < -0.4 is 11.1 Å². The molecular weight excluding hydrogens is 180 g/mol. The number of amides is 1. The van der Waals surface area contributed by atoms with Crippen molar-refractivity contribution in [3.63, 3.8) is 0 Å². The maximum absolute atomic E-state index is 10.9. The third-order valence-corrected chi connectivity index (χ3v) is 1.99. The lowest BCUT2D eigenvalue weighted by Crippen LogP contribution is -2.17. The van der Waals surface area contributed by atoms with Gasteiger partial charge < -0.3 is 11.1 Å². The number of hydrogen-bond donors (Lipinski definition) is 2. The van der Waals surface area contributed by atoms with Crippen LogP contribution in [0, 0.1) is 0 Å². The minimum absolute atomic E-state index is 0.0659. The smallest absolute Gasteiger partial charge is 0.219 e. The van der Waals surface area contributed by atoms with Crippen LogP contribution in [0.5, 0.6) is 0 Å². The van der Waals surface area contributed by atoms with Gasteiger partial charge in [0.15, 0.2) is 0 Å². The fourth-order valence-corrected chi connectivity index (χ4v) is 1.16. The Morgan fingerprint density at radius 1 is 1.71 bits per heavy atom. The van der Waals surface area contributed by atoms with Gasteiger partial charge in [0, 0.05) is 38.3 Å². The van der Waals surface area contributed by atoms with E-state index in [0.717, 1.165) is 18.5 Å². The van der Waals surface area contributed by atoms with E-state index in [9.17, 15) is 4.79 Å². The molecular formula is C9H16N4O. The first kappa shape index (κ1) is 10.7. The van der Waals surface area contributed by atoms with E-state index in [1.165, 1.54) is 0 Å². The van der Waals surface area contributed by atoms with Crippen LogP contribution in [-0.2, 0) is 17.9 Å². The summed E-state index contributed by atoms with van der Waals surface area (Å²) in [5, 5.41) is 6.69. The van der Waals surface area contributed by atoms with E-state index in [-0.39, 0.29) is 5.91 Å². The van der Waals surface area contributed by atoms with Crippen molar-refractivity contribution in [1.29, 1.82) is 0 Å². The maximum atomic E-state index is 10.9. The predicted octanol–water partition coefficient (Wildman–Crippen LogP) is -0.132. The van der Waals surface area contributed by atoms with Crippen LogP contribution in [-0.4, -0.2) is 22.7 Å². The molecule has 78 valence electrons. The Morgan fingerprint density at radius 2 is 2.50 bits per heavy atom. The van der Waals surface area contributed by atoms with Gasteiger partial charge >= 0.3 is 0 Å². The van der Waals surface area contributed by atoms with Crippen molar-refractivity contribution in [3.8, 4) is 0 Å². The van der Waals surface area contributed by atoms with Gasteiger partial charge in [0.25, 0.3) is 0 Å². The summed E-state index contributed by atoms with van der Waals surface area (Å²) in [7, 11) is 1.64. The number of carbonyl (C=O) groups excluding carboxylic acids is 1. The Kier molecular flexibility index (Phi) is 4.12. The van der Waals surface area contributed by atoms with Gasteiger partial charge in [-0.3, -0.25) is 9.48 Å². The molecule has 0 atom stereocenters.